The molecule has 0 aliphatic carbocycles. The summed E-state index contributed by atoms with van der Waals surface area (Å²) in [6.07, 6.45) is 1.40. The number of rotatable bonds is 4. The molecule has 0 bridgehead atoms. The van der Waals surface area contributed by atoms with E-state index in [2.05, 4.69) is 21.2 Å². The predicted octanol–water partition coefficient (Wildman–Crippen LogP) is 2.18. The van der Waals surface area contributed by atoms with Gasteiger partial charge in [0.05, 0.1) is 18.8 Å². The third kappa shape index (κ3) is 4.03. The zero-order valence-electron chi connectivity index (χ0n) is 9.91. The van der Waals surface area contributed by atoms with Gasteiger partial charge in [0.1, 0.15) is 0 Å². The van der Waals surface area contributed by atoms with Gasteiger partial charge in [-0.15, -0.1) is 11.3 Å². The van der Waals surface area contributed by atoms with Gasteiger partial charge in [-0.3, -0.25) is 0 Å². The summed E-state index contributed by atoms with van der Waals surface area (Å²) in [4.78, 5) is 1.20. The summed E-state index contributed by atoms with van der Waals surface area (Å²) >= 11 is 5.18. The van der Waals surface area contributed by atoms with Gasteiger partial charge in [0, 0.05) is 28.4 Å². The fraction of sp³-hybridized carbons (Fsp3) is 0.667. The standard InChI is InChI=1S/C12H18BrNO2S/c1-12(15,6-9-8-16-4-3-14-9)7-11-10(13)2-5-17-11/h2,5,9,14-15H,3-4,6-8H2,1H3. The molecule has 2 rings (SSSR count). The Labute approximate surface area is 114 Å². The average molecular weight is 320 g/mol. The molecule has 17 heavy (non-hydrogen) atoms. The number of morpholine rings is 1. The summed E-state index contributed by atoms with van der Waals surface area (Å²) in [5.74, 6) is 0. The van der Waals surface area contributed by atoms with Crippen LogP contribution in [0.2, 0.25) is 0 Å². The third-order valence-electron chi connectivity index (χ3n) is 2.92. The second kappa shape index (κ2) is 5.80. The molecule has 1 saturated heterocycles. The summed E-state index contributed by atoms with van der Waals surface area (Å²) in [6.45, 7) is 4.25. The molecule has 0 spiro atoms. The maximum Gasteiger partial charge on any atom is 0.0683 e. The molecular weight excluding hydrogens is 302 g/mol. The summed E-state index contributed by atoms with van der Waals surface area (Å²) < 4.78 is 6.50. The lowest BCUT2D eigenvalue weighted by Gasteiger charge is -2.31. The fourth-order valence-corrected chi connectivity index (χ4v) is 3.82. The van der Waals surface area contributed by atoms with E-state index < -0.39 is 5.60 Å². The van der Waals surface area contributed by atoms with E-state index in [-0.39, 0.29) is 6.04 Å². The van der Waals surface area contributed by atoms with Gasteiger partial charge in [-0.1, -0.05) is 0 Å². The lowest BCUT2D eigenvalue weighted by molar-refractivity contribution is 0.00688. The zero-order chi connectivity index (χ0) is 12.3. The minimum Gasteiger partial charge on any atom is -0.390 e. The van der Waals surface area contributed by atoms with E-state index in [1.807, 2.05) is 18.4 Å². The second-order valence-corrected chi connectivity index (χ2v) is 6.65. The molecule has 1 aromatic heterocycles. The van der Waals surface area contributed by atoms with Gasteiger partial charge >= 0.3 is 0 Å². The molecule has 5 heteroatoms. The quantitative estimate of drug-likeness (QED) is 0.893. The van der Waals surface area contributed by atoms with Crippen LogP contribution in [-0.4, -0.2) is 36.5 Å². The number of ether oxygens (including phenoxy) is 1. The molecule has 1 fully saturated rings. The van der Waals surface area contributed by atoms with Gasteiger partial charge < -0.3 is 15.2 Å². The van der Waals surface area contributed by atoms with Crippen LogP contribution in [0, 0.1) is 0 Å². The van der Waals surface area contributed by atoms with Gasteiger partial charge in [-0.05, 0) is 40.7 Å². The van der Waals surface area contributed by atoms with E-state index in [0.717, 1.165) is 24.0 Å². The molecule has 96 valence electrons. The number of hydrogen-bond acceptors (Lipinski definition) is 4. The second-order valence-electron chi connectivity index (χ2n) is 4.80. The summed E-state index contributed by atoms with van der Waals surface area (Å²) in [5.41, 5.74) is -0.689. The highest BCUT2D eigenvalue weighted by molar-refractivity contribution is 9.10. The Hall–Kier alpha value is 0.0600. The van der Waals surface area contributed by atoms with Crippen LogP contribution in [0.1, 0.15) is 18.2 Å². The number of aliphatic hydroxyl groups is 1. The smallest absolute Gasteiger partial charge is 0.0683 e. The third-order valence-corrected chi connectivity index (χ3v) is 4.84. The van der Waals surface area contributed by atoms with Crippen LogP contribution in [0.4, 0.5) is 0 Å². The average Bonchev–Trinajstić information content (AvgIpc) is 2.64. The van der Waals surface area contributed by atoms with Crippen molar-refractivity contribution in [3.05, 3.63) is 20.8 Å². The molecule has 0 aromatic carbocycles. The SMILES string of the molecule is CC(O)(Cc1sccc1Br)CC1COCCN1. The van der Waals surface area contributed by atoms with E-state index in [1.54, 1.807) is 11.3 Å². The van der Waals surface area contributed by atoms with Crippen molar-refractivity contribution in [2.75, 3.05) is 19.8 Å². The van der Waals surface area contributed by atoms with Crippen LogP contribution in [0.3, 0.4) is 0 Å². The highest BCUT2D eigenvalue weighted by atomic mass is 79.9. The van der Waals surface area contributed by atoms with Crippen molar-refractivity contribution >= 4 is 27.3 Å². The van der Waals surface area contributed by atoms with Crippen LogP contribution < -0.4 is 5.32 Å². The topological polar surface area (TPSA) is 41.5 Å². The fourth-order valence-electron chi connectivity index (χ4n) is 2.15. The molecule has 0 radical (unpaired) electrons. The summed E-state index contributed by atoms with van der Waals surface area (Å²) in [5, 5.41) is 15.9. The van der Waals surface area contributed by atoms with E-state index >= 15 is 0 Å². The van der Waals surface area contributed by atoms with Crippen molar-refractivity contribution in [1.29, 1.82) is 0 Å². The Bertz CT molecular complexity index is 361. The van der Waals surface area contributed by atoms with Crippen molar-refractivity contribution < 1.29 is 9.84 Å². The summed E-state index contributed by atoms with van der Waals surface area (Å²) in [7, 11) is 0. The minimum atomic E-state index is -0.689. The molecule has 2 heterocycles. The van der Waals surface area contributed by atoms with Crippen molar-refractivity contribution in [1.82, 2.24) is 5.32 Å². The maximum absolute atomic E-state index is 10.5. The number of thiophene rings is 1. The monoisotopic (exact) mass is 319 g/mol. The highest BCUT2D eigenvalue weighted by Crippen LogP contribution is 2.28. The van der Waals surface area contributed by atoms with Crippen LogP contribution in [0.25, 0.3) is 0 Å². The number of nitrogens with one attached hydrogen (secondary N) is 1. The molecule has 1 aliphatic rings. The normalized spacial score (nSPS) is 24.5. The van der Waals surface area contributed by atoms with E-state index in [4.69, 9.17) is 4.74 Å². The molecule has 1 aromatic rings. The maximum atomic E-state index is 10.5. The van der Waals surface area contributed by atoms with Gasteiger partial charge in [0.25, 0.3) is 0 Å². The first kappa shape index (κ1) is 13.5. The first-order valence-corrected chi connectivity index (χ1v) is 7.49. The number of hydrogen-bond donors (Lipinski definition) is 2. The van der Waals surface area contributed by atoms with Crippen molar-refractivity contribution in [3.63, 3.8) is 0 Å². The highest BCUT2D eigenvalue weighted by Gasteiger charge is 2.28. The van der Waals surface area contributed by atoms with E-state index in [1.165, 1.54) is 4.88 Å². The molecule has 1 aliphatic heterocycles. The van der Waals surface area contributed by atoms with Crippen LogP contribution in [0.5, 0.6) is 0 Å². The largest absolute Gasteiger partial charge is 0.390 e. The predicted molar refractivity (Wildman–Crippen MR) is 73.6 cm³/mol. The lowest BCUT2D eigenvalue weighted by atomic mass is 9.92. The Morgan fingerprint density at radius 2 is 2.53 bits per heavy atom. The molecule has 2 N–H and O–H groups in total. The molecule has 0 amide bonds. The molecule has 2 unspecified atom stereocenters. The van der Waals surface area contributed by atoms with Crippen LogP contribution in [0.15, 0.2) is 15.9 Å². The van der Waals surface area contributed by atoms with Gasteiger partial charge in [0.15, 0.2) is 0 Å². The van der Waals surface area contributed by atoms with Gasteiger partial charge in [-0.2, -0.15) is 0 Å². The van der Waals surface area contributed by atoms with Crippen LogP contribution in [-0.2, 0) is 11.2 Å². The Kier molecular flexibility index (Phi) is 4.60. The molecule has 0 saturated carbocycles. The Morgan fingerprint density at radius 1 is 1.71 bits per heavy atom. The van der Waals surface area contributed by atoms with E-state index in [9.17, 15) is 5.11 Å². The van der Waals surface area contributed by atoms with Crippen LogP contribution >= 0.6 is 27.3 Å². The first-order chi connectivity index (χ1) is 8.07. The lowest BCUT2D eigenvalue weighted by Crippen LogP contribution is -2.46. The molecular formula is C12H18BrNO2S. The van der Waals surface area contributed by atoms with Crippen molar-refractivity contribution in [2.45, 2.75) is 31.4 Å². The number of halogens is 1. The molecule has 2 atom stereocenters. The first-order valence-electron chi connectivity index (χ1n) is 5.82. The minimum absolute atomic E-state index is 0.262. The van der Waals surface area contributed by atoms with Gasteiger partial charge in [0.2, 0.25) is 0 Å². The van der Waals surface area contributed by atoms with E-state index in [0.29, 0.717) is 13.0 Å². The Balaban J connectivity index is 1.91. The van der Waals surface area contributed by atoms with Crippen molar-refractivity contribution in [2.24, 2.45) is 0 Å². The Morgan fingerprint density at radius 3 is 3.12 bits per heavy atom. The zero-order valence-corrected chi connectivity index (χ0v) is 12.3. The van der Waals surface area contributed by atoms with Crippen molar-refractivity contribution in [3.8, 4) is 0 Å². The van der Waals surface area contributed by atoms with Gasteiger partial charge in [-0.25, -0.2) is 0 Å². The molecule has 3 nitrogen and oxygen atoms in total. The summed E-state index contributed by atoms with van der Waals surface area (Å²) in [6, 6.07) is 2.29.